The van der Waals surface area contributed by atoms with Crippen LogP contribution in [0.3, 0.4) is 0 Å². The number of aliphatic imine (C=N–C) groups is 1. The highest BCUT2D eigenvalue weighted by Crippen LogP contribution is 2.40. The van der Waals surface area contributed by atoms with E-state index in [0.717, 1.165) is 11.8 Å². The quantitative estimate of drug-likeness (QED) is 0.485. The molecule has 2 heterocycles. The number of hydrogen-bond acceptors (Lipinski definition) is 8. The smallest absolute Gasteiger partial charge is 0.344 e. The van der Waals surface area contributed by atoms with Gasteiger partial charge < -0.3 is 9.84 Å². The van der Waals surface area contributed by atoms with Crippen molar-refractivity contribution in [3.63, 3.8) is 0 Å². The van der Waals surface area contributed by atoms with Crippen LogP contribution in [0.1, 0.15) is 5.69 Å². The second kappa shape index (κ2) is 7.83. The first kappa shape index (κ1) is 18.3. The maximum absolute atomic E-state index is 12.1. The molecule has 0 saturated carbocycles. The molecule has 8 nitrogen and oxygen atoms in total. The Bertz CT molecular complexity index is 999. The van der Waals surface area contributed by atoms with Gasteiger partial charge in [0.1, 0.15) is 16.4 Å². The van der Waals surface area contributed by atoms with Crippen molar-refractivity contribution < 1.29 is 19.6 Å². The van der Waals surface area contributed by atoms with Gasteiger partial charge in [-0.2, -0.15) is 0 Å². The Morgan fingerprint density at radius 3 is 2.81 bits per heavy atom. The molecule has 0 radical (unpaired) electrons. The fourth-order valence-corrected chi connectivity index (χ4v) is 3.30. The van der Waals surface area contributed by atoms with Gasteiger partial charge in [0.2, 0.25) is 0 Å². The molecule has 1 aromatic heterocycles. The van der Waals surface area contributed by atoms with Crippen molar-refractivity contribution in [3.8, 4) is 0 Å². The third-order valence-electron chi connectivity index (χ3n) is 3.52. The highest BCUT2D eigenvalue weighted by atomic mass is 32.2. The first-order valence-electron chi connectivity index (χ1n) is 7.65. The number of nitrogens with zero attached hydrogens (tertiary/aromatic N) is 3. The molecular formula is C18H13N3O5S. The van der Waals surface area contributed by atoms with Gasteiger partial charge in [0.25, 0.3) is 5.69 Å². The van der Waals surface area contributed by atoms with Gasteiger partial charge in [0.05, 0.1) is 28.3 Å². The summed E-state index contributed by atoms with van der Waals surface area (Å²) in [5.74, 6) is -1.03. The number of pyridine rings is 1. The van der Waals surface area contributed by atoms with Crippen LogP contribution in [-0.4, -0.2) is 33.1 Å². The summed E-state index contributed by atoms with van der Waals surface area (Å²) in [6.07, 6.45) is 3.21. The van der Waals surface area contributed by atoms with E-state index >= 15 is 0 Å². The van der Waals surface area contributed by atoms with Gasteiger partial charge in [-0.1, -0.05) is 23.9 Å². The fraction of sp³-hybridized carbons (Fsp3) is 0.0556. The average molecular weight is 383 g/mol. The van der Waals surface area contributed by atoms with Gasteiger partial charge in [-0.15, -0.1) is 0 Å². The van der Waals surface area contributed by atoms with Crippen LogP contribution in [0.5, 0.6) is 0 Å². The highest BCUT2D eigenvalue weighted by molar-refractivity contribution is 8.18. The molecule has 1 aromatic carbocycles. The van der Waals surface area contributed by atoms with E-state index in [1.807, 2.05) is 0 Å². The third-order valence-corrected chi connectivity index (χ3v) is 4.54. The van der Waals surface area contributed by atoms with Crippen LogP contribution in [0.25, 0.3) is 6.08 Å². The molecule has 0 fully saturated rings. The number of thioether (sulfide) groups is 1. The predicted molar refractivity (Wildman–Crippen MR) is 102 cm³/mol. The number of methoxy groups -OCH3 is 1. The topological polar surface area (TPSA) is 115 Å². The molecule has 0 amide bonds. The van der Waals surface area contributed by atoms with Crippen LogP contribution in [-0.2, 0) is 9.53 Å². The monoisotopic (exact) mass is 383 g/mol. The second-order valence-corrected chi connectivity index (χ2v) is 6.31. The Morgan fingerprint density at radius 1 is 1.33 bits per heavy atom. The number of nitro benzene ring substituents is 1. The lowest BCUT2D eigenvalue weighted by molar-refractivity contribution is -0.384. The van der Waals surface area contributed by atoms with E-state index in [2.05, 4.69) is 9.98 Å². The molecule has 3 rings (SSSR count). The lowest BCUT2D eigenvalue weighted by Crippen LogP contribution is -2.10. The van der Waals surface area contributed by atoms with Crippen molar-refractivity contribution >= 4 is 40.2 Å². The highest BCUT2D eigenvalue weighted by Gasteiger charge is 2.33. The predicted octanol–water partition coefficient (Wildman–Crippen LogP) is 3.79. The van der Waals surface area contributed by atoms with Crippen LogP contribution < -0.4 is 0 Å². The number of non-ortho nitro benzene ring substituents is 1. The zero-order valence-corrected chi connectivity index (χ0v) is 14.8. The average Bonchev–Trinajstić information content (AvgIpc) is 2.97. The van der Waals surface area contributed by atoms with Crippen LogP contribution >= 0.6 is 11.8 Å². The number of aliphatic hydroxyl groups is 1. The van der Waals surface area contributed by atoms with E-state index in [1.165, 1.54) is 25.3 Å². The minimum atomic E-state index is -0.756. The van der Waals surface area contributed by atoms with Crippen LogP contribution in [0.2, 0.25) is 0 Å². The van der Waals surface area contributed by atoms with Crippen molar-refractivity contribution in [2.45, 2.75) is 0 Å². The minimum absolute atomic E-state index is 0.101. The molecular weight excluding hydrogens is 370 g/mol. The Labute approximate surface area is 158 Å². The molecule has 27 heavy (non-hydrogen) atoms. The molecule has 9 heteroatoms. The number of nitro groups is 1. The Hall–Kier alpha value is -3.46. The van der Waals surface area contributed by atoms with Crippen molar-refractivity contribution in [1.82, 2.24) is 4.98 Å². The Morgan fingerprint density at radius 2 is 2.15 bits per heavy atom. The van der Waals surface area contributed by atoms with Gasteiger partial charge in [0.15, 0.2) is 0 Å². The normalized spacial score (nSPS) is 16.8. The Balaban J connectivity index is 2.05. The van der Waals surface area contributed by atoms with E-state index in [-0.39, 0.29) is 27.8 Å². The van der Waals surface area contributed by atoms with E-state index < -0.39 is 10.9 Å². The fourth-order valence-electron chi connectivity index (χ4n) is 2.28. The van der Waals surface area contributed by atoms with Crippen LogP contribution in [0.4, 0.5) is 11.4 Å². The van der Waals surface area contributed by atoms with Crippen molar-refractivity contribution in [2.24, 2.45) is 4.99 Å². The number of aliphatic hydroxyl groups excluding tert-OH is 1. The summed E-state index contributed by atoms with van der Waals surface area (Å²) >= 11 is 1.05. The molecule has 1 N–H and O–H groups in total. The largest absolute Gasteiger partial charge is 0.506 e. The summed E-state index contributed by atoms with van der Waals surface area (Å²) in [5, 5.41) is 21.6. The Kier molecular flexibility index (Phi) is 5.32. The molecule has 136 valence electrons. The number of hydrogen-bond donors (Lipinski definition) is 1. The molecule has 0 bridgehead atoms. The molecule has 0 unspecified atom stereocenters. The number of carbonyl (C=O) groups is 1. The molecule has 0 atom stereocenters. The van der Waals surface area contributed by atoms with Gasteiger partial charge >= 0.3 is 5.97 Å². The molecule has 0 spiro atoms. The van der Waals surface area contributed by atoms with Crippen molar-refractivity contribution in [2.75, 3.05) is 7.11 Å². The van der Waals surface area contributed by atoms with Gasteiger partial charge in [-0.3, -0.25) is 15.1 Å². The number of carbonyl (C=O) groups excluding carboxylic acids is 1. The molecule has 0 aliphatic carbocycles. The lowest BCUT2D eigenvalue weighted by Gasteiger charge is -2.02. The van der Waals surface area contributed by atoms with Crippen LogP contribution in [0, 0.1) is 10.1 Å². The first-order valence-corrected chi connectivity index (χ1v) is 8.47. The zero-order chi connectivity index (χ0) is 19.4. The van der Waals surface area contributed by atoms with Crippen molar-refractivity contribution in [1.29, 1.82) is 0 Å². The number of esters is 1. The van der Waals surface area contributed by atoms with Crippen LogP contribution in [0.15, 0.2) is 69.9 Å². The van der Waals surface area contributed by atoms with Crippen molar-refractivity contribution in [3.05, 3.63) is 80.7 Å². The summed E-state index contributed by atoms with van der Waals surface area (Å²) in [5.41, 5.74) is 0.639. The van der Waals surface area contributed by atoms with Gasteiger partial charge in [-0.25, -0.2) is 9.79 Å². The lowest BCUT2D eigenvalue weighted by atomic mass is 10.2. The maximum atomic E-state index is 12.1. The number of aromatic nitrogens is 1. The molecule has 1 aliphatic rings. The molecule has 2 aromatic rings. The van der Waals surface area contributed by atoms with E-state index in [4.69, 9.17) is 4.74 Å². The van der Waals surface area contributed by atoms with E-state index in [0.29, 0.717) is 10.6 Å². The molecule has 0 saturated heterocycles. The van der Waals surface area contributed by atoms with E-state index in [9.17, 15) is 20.0 Å². The summed E-state index contributed by atoms with van der Waals surface area (Å²) < 4.78 is 4.73. The van der Waals surface area contributed by atoms with E-state index in [1.54, 1.807) is 36.5 Å². The molecule has 1 aliphatic heterocycles. The number of benzene rings is 1. The summed E-state index contributed by atoms with van der Waals surface area (Å²) in [6, 6.07) is 11.0. The van der Waals surface area contributed by atoms with Gasteiger partial charge in [-0.05, 0) is 24.3 Å². The first-order chi connectivity index (χ1) is 13.0. The summed E-state index contributed by atoms with van der Waals surface area (Å²) in [7, 11) is 1.19. The van der Waals surface area contributed by atoms with Gasteiger partial charge in [0, 0.05) is 18.3 Å². The standard InChI is InChI=1S/C18H13N3O5S/c1-26-18(23)15-16(22)14(10-11-5-2-3-8-19-11)27-17(15)20-12-6-4-7-13(9-12)21(24)25/h2-10,22H,1H3/b14-10+,20-17?. The minimum Gasteiger partial charge on any atom is -0.506 e. The number of rotatable bonds is 4. The third kappa shape index (κ3) is 4.04. The SMILES string of the molecule is COC(=O)C1=C(O)/C(=C\c2ccccn2)SC1=Nc1cccc([N+](=O)[O-])c1. The summed E-state index contributed by atoms with van der Waals surface area (Å²) in [4.78, 5) is 31.3. The number of ether oxygens (including phenoxy) is 1. The second-order valence-electron chi connectivity index (χ2n) is 5.27. The summed E-state index contributed by atoms with van der Waals surface area (Å²) in [6.45, 7) is 0. The zero-order valence-electron chi connectivity index (χ0n) is 14.0. The maximum Gasteiger partial charge on any atom is 0.344 e.